The van der Waals surface area contributed by atoms with Gasteiger partial charge in [-0.1, -0.05) is 19.1 Å². The Kier molecular flexibility index (Phi) is 6.18. The largest absolute Gasteiger partial charge is 0.322 e. The van der Waals surface area contributed by atoms with Gasteiger partial charge in [-0.3, -0.25) is 14.7 Å². The molecule has 6 heteroatoms. The minimum absolute atomic E-state index is 0.155. The van der Waals surface area contributed by atoms with Crippen LogP contribution in [0.25, 0.3) is 0 Å². The number of carbonyl (C=O) groups is 1. The highest BCUT2D eigenvalue weighted by Crippen LogP contribution is 2.15. The molecule has 1 saturated heterocycles. The molecule has 5 nitrogen and oxygen atoms in total. The van der Waals surface area contributed by atoms with Gasteiger partial charge in [-0.25, -0.2) is 0 Å². The van der Waals surface area contributed by atoms with Crippen LogP contribution in [0.15, 0.2) is 47.2 Å². The maximum absolute atomic E-state index is 12.2. The molecular weight excluding hydrogens is 380 g/mol. The van der Waals surface area contributed by atoms with Gasteiger partial charge < -0.3 is 10.2 Å². The Bertz CT molecular complexity index is 712. The molecule has 0 aliphatic carbocycles. The average molecular weight is 403 g/mol. The molecule has 0 saturated carbocycles. The lowest BCUT2D eigenvalue weighted by atomic mass is 10.1. The zero-order valence-electron chi connectivity index (χ0n) is 14.4. The first-order valence-electron chi connectivity index (χ1n) is 8.59. The summed E-state index contributed by atoms with van der Waals surface area (Å²) >= 11 is 3.33. The van der Waals surface area contributed by atoms with E-state index in [9.17, 15) is 4.79 Å². The summed E-state index contributed by atoms with van der Waals surface area (Å²) in [5.41, 5.74) is 2.60. The average Bonchev–Trinajstić information content (AvgIpc) is 2.64. The lowest BCUT2D eigenvalue weighted by Crippen LogP contribution is -2.45. The van der Waals surface area contributed by atoms with Gasteiger partial charge in [0, 0.05) is 55.3 Å². The molecule has 25 heavy (non-hydrogen) atoms. The summed E-state index contributed by atoms with van der Waals surface area (Å²) in [7, 11) is 0. The number of hydrogen-bond donors (Lipinski definition) is 1. The van der Waals surface area contributed by atoms with E-state index in [-0.39, 0.29) is 5.91 Å². The minimum atomic E-state index is -0.155. The second-order valence-corrected chi connectivity index (χ2v) is 7.17. The number of rotatable bonds is 5. The molecule has 1 fully saturated rings. The number of aromatic nitrogens is 1. The van der Waals surface area contributed by atoms with Gasteiger partial charge in [0.2, 0.25) is 0 Å². The molecule has 0 atom stereocenters. The summed E-state index contributed by atoms with van der Waals surface area (Å²) in [5.74, 6) is -0.155. The Hall–Kier alpha value is -1.76. The summed E-state index contributed by atoms with van der Waals surface area (Å²) in [6, 6.07) is 9.84. The van der Waals surface area contributed by atoms with E-state index in [1.54, 1.807) is 18.5 Å². The Morgan fingerprint density at radius 2 is 1.80 bits per heavy atom. The highest BCUT2D eigenvalue weighted by atomic mass is 79.9. The van der Waals surface area contributed by atoms with E-state index in [1.807, 2.05) is 12.1 Å². The maximum atomic E-state index is 12.2. The van der Waals surface area contributed by atoms with Crippen molar-refractivity contribution in [3.8, 4) is 0 Å². The molecule has 0 spiro atoms. The van der Waals surface area contributed by atoms with Gasteiger partial charge in [-0.15, -0.1) is 0 Å². The summed E-state index contributed by atoms with van der Waals surface area (Å²) in [5, 5.41) is 2.91. The molecule has 0 radical (unpaired) electrons. The van der Waals surface area contributed by atoms with Crippen LogP contribution in [0.1, 0.15) is 22.8 Å². The fourth-order valence-corrected chi connectivity index (χ4v) is 3.32. The quantitative estimate of drug-likeness (QED) is 0.833. The maximum Gasteiger partial charge on any atom is 0.257 e. The minimum Gasteiger partial charge on any atom is -0.322 e. The molecule has 2 aromatic rings. The predicted octanol–water partition coefficient (Wildman–Crippen LogP) is 3.23. The van der Waals surface area contributed by atoms with Crippen LogP contribution in [0, 0.1) is 0 Å². The van der Waals surface area contributed by atoms with Gasteiger partial charge in [0.1, 0.15) is 0 Å². The highest BCUT2D eigenvalue weighted by Gasteiger charge is 2.15. The van der Waals surface area contributed by atoms with Crippen LogP contribution in [0.3, 0.4) is 0 Å². The summed E-state index contributed by atoms with van der Waals surface area (Å²) in [6.45, 7) is 8.82. The van der Waals surface area contributed by atoms with Gasteiger partial charge in [0.15, 0.2) is 0 Å². The van der Waals surface area contributed by atoms with Gasteiger partial charge in [-0.2, -0.15) is 0 Å². The standard InChI is InChI=1S/C19H23BrN4O/c1-2-23-7-9-24(10-8-23)14-15-3-5-18(6-4-15)22-19(25)16-11-17(20)13-21-12-16/h3-6,11-13H,2,7-10,14H2,1H3,(H,22,25). The van der Waals surface area contributed by atoms with Gasteiger partial charge >= 0.3 is 0 Å². The number of nitrogens with zero attached hydrogens (tertiary/aromatic N) is 3. The number of halogens is 1. The summed E-state index contributed by atoms with van der Waals surface area (Å²) < 4.78 is 0.790. The smallest absolute Gasteiger partial charge is 0.257 e. The molecule has 1 aromatic heterocycles. The summed E-state index contributed by atoms with van der Waals surface area (Å²) in [4.78, 5) is 21.2. The van der Waals surface area contributed by atoms with Crippen molar-refractivity contribution < 1.29 is 4.79 Å². The molecule has 1 N–H and O–H groups in total. The molecule has 0 bridgehead atoms. The number of piperazine rings is 1. The first-order chi connectivity index (χ1) is 12.1. The lowest BCUT2D eigenvalue weighted by Gasteiger charge is -2.34. The molecule has 1 aromatic carbocycles. The van der Waals surface area contributed by atoms with Crippen molar-refractivity contribution in [2.24, 2.45) is 0 Å². The lowest BCUT2D eigenvalue weighted by molar-refractivity contribution is 0.102. The van der Waals surface area contributed by atoms with E-state index in [1.165, 1.54) is 5.56 Å². The fraction of sp³-hybridized carbons (Fsp3) is 0.368. The van der Waals surface area contributed by atoms with Crippen LogP contribution in [0.2, 0.25) is 0 Å². The molecule has 0 unspecified atom stereocenters. The molecule has 132 valence electrons. The van der Waals surface area contributed by atoms with Gasteiger partial charge in [-0.05, 0) is 46.2 Å². The van der Waals surface area contributed by atoms with E-state index in [2.05, 4.69) is 55.1 Å². The molecule has 1 amide bonds. The van der Waals surface area contributed by atoms with Crippen molar-refractivity contribution in [3.63, 3.8) is 0 Å². The first-order valence-corrected chi connectivity index (χ1v) is 9.39. The van der Waals surface area contributed by atoms with Crippen LogP contribution < -0.4 is 5.32 Å². The number of amides is 1. The highest BCUT2D eigenvalue weighted by molar-refractivity contribution is 9.10. The Labute approximate surface area is 157 Å². The van der Waals surface area contributed by atoms with Gasteiger partial charge in [0.25, 0.3) is 5.91 Å². The van der Waals surface area contributed by atoms with E-state index in [0.717, 1.165) is 49.4 Å². The van der Waals surface area contributed by atoms with Crippen LogP contribution in [0.4, 0.5) is 5.69 Å². The fourth-order valence-electron chi connectivity index (χ4n) is 2.95. The molecule has 1 aliphatic heterocycles. The number of hydrogen-bond acceptors (Lipinski definition) is 4. The van der Waals surface area contributed by atoms with Crippen LogP contribution >= 0.6 is 15.9 Å². The number of pyridine rings is 1. The predicted molar refractivity (Wildman–Crippen MR) is 104 cm³/mol. The number of benzene rings is 1. The van der Waals surface area contributed by atoms with Crippen LogP contribution in [0.5, 0.6) is 0 Å². The topological polar surface area (TPSA) is 48.5 Å². The molecule has 2 heterocycles. The number of anilines is 1. The molecule has 3 rings (SSSR count). The number of likely N-dealkylation sites (N-methyl/N-ethyl adjacent to an activating group) is 1. The molecule has 1 aliphatic rings. The third-order valence-corrected chi connectivity index (χ3v) is 4.93. The Morgan fingerprint density at radius 3 is 2.44 bits per heavy atom. The van der Waals surface area contributed by atoms with E-state index >= 15 is 0 Å². The second kappa shape index (κ2) is 8.56. The zero-order chi connectivity index (χ0) is 17.6. The number of nitrogens with one attached hydrogen (secondary N) is 1. The second-order valence-electron chi connectivity index (χ2n) is 6.25. The van der Waals surface area contributed by atoms with Crippen molar-refractivity contribution in [2.75, 3.05) is 38.0 Å². The van der Waals surface area contributed by atoms with Crippen LogP contribution in [-0.2, 0) is 6.54 Å². The van der Waals surface area contributed by atoms with Gasteiger partial charge in [0.05, 0.1) is 5.56 Å². The van der Waals surface area contributed by atoms with Crippen molar-refractivity contribution in [2.45, 2.75) is 13.5 Å². The SMILES string of the molecule is CCN1CCN(Cc2ccc(NC(=O)c3cncc(Br)c3)cc2)CC1. The zero-order valence-corrected chi connectivity index (χ0v) is 16.0. The monoisotopic (exact) mass is 402 g/mol. The van der Waals surface area contributed by atoms with Crippen molar-refractivity contribution in [1.29, 1.82) is 0 Å². The third kappa shape index (κ3) is 5.11. The van der Waals surface area contributed by atoms with E-state index < -0.39 is 0 Å². The number of carbonyl (C=O) groups excluding carboxylic acids is 1. The van der Waals surface area contributed by atoms with Crippen molar-refractivity contribution in [3.05, 3.63) is 58.3 Å². The van der Waals surface area contributed by atoms with E-state index in [4.69, 9.17) is 0 Å². The van der Waals surface area contributed by atoms with Crippen molar-refractivity contribution in [1.82, 2.24) is 14.8 Å². The first kappa shape index (κ1) is 18.0. The normalized spacial score (nSPS) is 15.9. The Morgan fingerprint density at radius 1 is 1.12 bits per heavy atom. The Balaban J connectivity index is 1.54. The van der Waals surface area contributed by atoms with Crippen LogP contribution in [-0.4, -0.2) is 53.4 Å². The molecular formula is C19H23BrN4O. The third-order valence-electron chi connectivity index (χ3n) is 4.50. The van der Waals surface area contributed by atoms with Crippen molar-refractivity contribution >= 4 is 27.5 Å². The van der Waals surface area contributed by atoms with E-state index in [0.29, 0.717) is 5.56 Å². The summed E-state index contributed by atoms with van der Waals surface area (Å²) in [6.07, 6.45) is 3.22.